The maximum absolute atomic E-state index is 12.4. The van der Waals surface area contributed by atoms with Crippen molar-refractivity contribution in [2.75, 3.05) is 0 Å². The third-order valence-electron chi connectivity index (χ3n) is 4.11. The zero-order valence-electron chi connectivity index (χ0n) is 11.9. The van der Waals surface area contributed by atoms with E-state index in [1.807, 2.05) is 11.5 Å². The molecule has 2 aliphatic carbocycles. The molecule has 0 aliphatic heterocycles. The van der Waals surface area contributed by atoms with Crippen LogP contribution in [0.3, 0.4) is 0 Å². The van der Waals surface area contributed by atoms with E-state index in [0.717, 1.165) is 25.0 Å². The number of rotatable bonds is 7. The van der Waals surface area contributed by atoms with Gasteiger partial charge in [-0.3, -0.25) is 0 Å². The first-order valence-corrected chi connectivity index (χ1v) is 8.91. The highest BCUT2D eigenvalue weighted by molar-refractivity contribution is 7.89. The molecule has 0 spiro atoms. The van der Waals surface area contributed by atoms with Gasteiger partial charge in [0, 0.05) is 30.5 Å². The lowest BCUT2D eigenvalue weighted by Gasteiger charge is -2.12. The molecular formula is C14H23N3O2S. The Bertz CT molecular complexity index is 586. The monoisotopic (exact) mass is 297 g/mol. The molecule has 1 unspecified atom stereocenters. The van der Waals surface area contributed by atoms with E-state index >= 15 is 0 Å². The summed E-state index contributed by atoms with van der Waals surface area (Å²) in [6.07, 6.45) is 7.39. The van der Waals surface area contributed by atoms with E-state index in [4.69, 9.17) is 5.73 Å². The Morgan fingerprint density at radius 2 is 2.10 bits per heavy atom. The molecular weight excluding hydrogens is 274 g/mol. The molecule has 6 heteroatoms. The summed E-state index contributed by atoms with van der Waals surface area (Å²) in [7, 11) is -3.42. The SMILES string of the molecule is CC(CC1CC1)NS(=O)(=O)c1cc(CN)n(C2CC2)c1. The van der Waals surface area contributed by atoms with Crippen LogP contribution in [0.5, 0.6) is 0 Å². The van der Waals surface area contributed by atoms with Gasteiger partial charge in [0.25, 0.3) is 0 Å². The van der Waals surface area contributed by atoms with E-state index in [2.05, 4.69) is 4.72 Å². The Labute approximate surface area is 120 Å². The lowest BCUT2D eigenvalue weighted by atomic mass is 10.2. The molecule has 3 N–H and O–H groups in total. The van der Waals surface area contributed by atoms with Crippen LogP contribution < -0.4 is 10.5 Å². The Balaban J connectivity index is 1.75. The fourth-order valence-electron chi connectivity index (χ4n) is 2.73. The van der Waals surface area contributed by atoms with Gasteiger partial charge in [-0.1, -0.05) is 12.8 Å². The van der Waals surface area contributed by atoms with Crippen LogP contribution in [-0.4, -0.2) is 19.0 Å². The number of nitrogens with one attached hydrogen (secondary N) is 1. The van der Waals surface area contributed by atoms with Crippen LogP contribution in [0, 0.1) is 5.92 Å². The largest absolute Gasteiger partial charge is 0.346 e. The van der Waals surface area contributed by atoms with Crippen molar-refractivity contribution in [3.63, 3.8) is 0 Å². The van der Waals surface area contributed by atoms with Gasteiger partial charge in [-0.2, -0.15) is 0 Å². The highest BCUT2D eigenvalue weighted by atomic mass is 32.2. The summed E-state index contributed by atoms with van der Waals surface area (Å²) < 4.78 is 29.6. The number of hydrogen-bond acceptors (Lipinski definition) is 3. The van der Waals surface area contributed by atoms with Crippen LogP contribution in [0.15, 0.2) is 17.2 Å². The Morgan fingerprint density at radius 3 is 2.65 bits per heavy atom. The second-order valence-electron chi connectivity index (χ2n) is 6.21. The summed E-state index contributed by atoms with van der Waals surface area (Å²) in [5.41, 5.74) is 6.62. The Hall–Kier alpha value is -0.850. The molecule has 2 aliphatic rings. The van der Waals surface area contributed by atoms with Gasteiger partial charge in [-0.25, -0.2) is 13.1 Å². The lowest BCUT2D eigenvalue weighted by molar-refractivity contribution is 0.529. The van der Waals surface area contributed by atoms with E-state index in [1.165, 1.54) is 12.8 Å². The molecule has 1 atom stereocenters. The molecule has 3 rings (SSSR count). The molecule has 5 nitrogen and oxygen atoms in total. The van der Waals surface area contributed by atoms with Crippen LogP contribution in [0.4, 0.5) is 0 Å². The topological polar surface area (TPSA) is 77.1 Å². The predicted molar refractivity (Wildman–Crippen MR) is 77.7 cm³/mol. The van der Waals surface area contributed by atoms with Crippen LogP contribution in [0.1, 0.15) is 50.8 Å². The Kier molecular flexibility index (Phi) is 3.64. The standard InChI is InChI=1S/C14H23N3O2S/c1-10(6-11-2-3-11)16-20(18,19)14-7-13(8-15)17(9-14)12-4-5-12/h7,9-12,16H,2-6,8,15H2,1H3. The fraction of sp³-hybridized carbons (Fsp3) is 0.714. The van der Waals surface area contributed by atoms with Gasteiger partial charge in [0.1, 0.15) is 0 Å². The van der Waals surface area contributed by atoms with Crippen molar-refractivity contribution in [3.05, 3.63) is 18.0 Å². The van der Waals surface area contributed by atoms with Crippen LogP contribution in [0.2, 0.25) is 0 Å². The van der Waals surface area contributed by atoms with Gasteiger partial charge in [0.2, 0.25) is 10.0 Å². The predicted octanol–water partition coefficient (Wildman–Crippen LogP) is 1.75. The van der Waals surface area contributed by atoms with Crippen molar-refractivity contribution in [2.24, 2.45) is 11.7 Å². The van der Waals surface area contributed by atoms with Gasteiger partial charge < -0.3 is 10.3 Å². The molecule has 20 heavy (non-hydrogen) atoms. The first-order valence-electron chi connectivity index (χ1n) is 7.42. The zero-order chi connectivity index (χ0) is 14.3. The number of nitrogens with two attached hydrogens (primary N) is 1. The minimum atomic E-state index is -3.42. The molecule has 2 saturated carbocycles. The minimum absolute atomic E-state index is 0.00176. The molecule has 0 saturated heterocycles. The summed E-state index contributed by atoms with van der Waals surface area (Å²) in [5, 5.41) is 0. The number of sulfonamides is 1. The summed E-state index contributed by atoms with van der Waals surface area (Å²) in [6.45, 7) is 2.32. The molecule has 1 aromatic rings. The van der Waals surface area contributed by atoms with Gasteiger partial charge in [0.05, 0.1) is 4.90 Å². The smallest absolute Gasteiger partial charge is 0.242 e. The van der Waals surface area contributed by atoms with E-state index in [0.29, 0.717) is 23.4 Å². The van der Waals surface area contributed by atoms with E-state index in [1.54, 1.807) is 12.3 Å². The van der Waals surface area contributed by atoms with Gasteiger partial charge in [-0.15, -0.1) is 0 Å². The van der Waals surface area contributed by atoms with E-state index < -0.39 is 10.0 Å². The molecule has 1 heterocycles. The van der Waals surface area contributed by atoms with E-state index in [9.17, 15) is 8.42 Å². The molecule has 0 aromatic carbocycles. The third-order valence-corrected chi connectivity index (χ3v) is 5.66. The van der Waals surface area contributed by atoms with Crippen LogP contribution in [0.25, 0.3) is 0 Å². The highest BCUT2D eigenvalue weighted by Gasteiger charge is 2.29. The highest BCUT2D eigenvalue weighted by Crippen LogP contribution is 2.37. The molecule has 0 radical (unpaired) electrons. The summed E-state index contributed by atoms with van der Waals surface area (Å²) in [4.78, 5) is 0.354. The van der Waals surface area contributed by atoms with Crippen molar-refractivity contribution in [1.29, 1.82) is 0 Å². The molecule has 0 amide bonds. The quantitative estimate of drug-likeness (QED) is 0.805. The van der Waals surface area contributed by atoms with Crippen molar-refractivity contribution >= 4 is 10.0 Å². The first-order chi connectivity index (χ1) is 9.49. The summed E-state index contributed by atoms with van der Waals surface area (Å²) >= 11 is 0. The first kappa shape index (κ1) is 14.1. The van der Waals surface area contributed by atoms with Crippen molar-refractivity contribution in [3.8, 4) is 0 Å². The van der Waals surface area contributed by atoms with Crippen molar-refractivity contribution in [1.82, 2.24) is 9.29 Å². The van der Waals surface area contributed by atoms with Crippen molar-refractivity contribution in [2.45, 2.75) is 62.6 Å². The third kappa shape index (κ3) is 3.07. The summed E-state index contributed by atoms with van der Waals surface area (Å²) in [5.74, 6) is 0.711. The van der Waals surface area contributed by atoms with Gasteiger partial charge in [0.15, 0.2) is 0 Å². The normalized spacial score (nSPS) is 21.1. The summed E-state index contributed by atoms with van der Waals surface area (Å²) in [6, 6.07) is 2.16. The molecule has 2 fully saturated rings. The average molecular weight is 297 g/mol. The second-order valence-corrected chi connectivity index (χ2v) is 7.93. The minimum Gasteiger partial charge on any atom is -0.346 e. The van der Waals surface area contributed by atoms with Crippen LogP contribution >= 0.6 is 0 Å². The van der Waals surface area contributed by atoms with Crippen LogP contribution in [-0.2, 0) is 16.6 Å². The number of nitrogens with zero attached hydrogens (tertiary/aromatic N) is 1. The van der Waals surface area contributed by atoms with E-state index in [-0.39, 0.29) is 6.04 Å². The van der Waals surface area contributed by atoms with Gasteiger partial charge in [-0.05, 0) is 38.2 Å². The second kappa shape index (κ2) is 5.16. The molecule has 0 bridgehead atoms. The fourth-order valence-corrected chi connectivity index (χ4v) is 4.04. The maximum atomic E-state index is 12.4. The average Bonchev–Trinajstić information content (AvgIpc) is 3.29. The Morgan fingerprint density at radius 1 is 1.40 bits per heavy atom. The van der Waals surface area contributed by atoms with Gasteiger partial charge >= 0.3 is 0 Å². The lowest BCUT2D eigenvalue weighted by Crippen LogP contribution is -2.32. The molecule has 112 valence electrons. The maximum Gasteiger partial charge on any atom is 0.242 e. The number of aromatic nitrogens is 1. The molecule has 1 aromatic heterocycles. The van der Waals surface area contributed by atoms with Crippen molar-refractivity contribution < 1.29 is 8.42 Å². The number of hydrogen-bond donors (Lipinski definition) is 2. The zero-order valence-corrected chi connectivity index (χ0v) is 12.7.